The zero-order valence-electron chi connectivity index (χ0n) is 11.5. The number of hydrogen-bond donors (Lipinski definition) is 4. The Morgan fingerprint density at radius 2 is 0.650 bits per heavy atom. The minimum absolute atomic E-state index is 0. The van der Waals surface area contributed by atoms with Crippen molar-refractivity contribution in [3.05, 3.63) is 0 Å². The van der Waals surface area contributed by atoms with Crippen molar-refractivity contribution < 1.29 is 51.3 Å². The van der Waals surface area contributed by atoms with Crippen LogP contribution in [0.5, 0.6) is 0 Å². The highest BCUT2D eigenvalue weighted by atomic mass is 32.3. The van der Waals surface area contributed by atoms with Crippen LogP contribution in [0.2, 0.25) is 0 Å². The predicted molar refractivity (Wildman–Crippen MR) is 67.9 cm³/mol. The van der Waals surface area contributed by atoms with Gasteiger partial charge in [0.1, 0.15) is 18.6 Å². The van der Waals surface area contributed by atoms with Crippen LogP contribution in [0, 0.1) is 0 Å². The lowest BCUT2D eigenvalue weighted by molar-refractivity contribution is -0.106. The van der Waals surface area contributed by atoms with Gasteiger partial charge in [-0.25, -0.2) is 0 Å². The lowest BCUT2D eigenvalue weighted by Gasteiger charge is -2.06. The van der Waals surface area contributed by atoms with Crippen molar-refractivity contribution in [2.45, 2.75) is 20.8 Å². The summed E-state index contributed by atoms with van der Waals surface area (Å²) in [6.45, 7) is 5.33. The maximum atomic E-state index is 8.52. The van der Waals surface area contributed by atoms with Crippen molar-refractivity contribution in [3.8, 4) is 0 Å². The molecule has 0 aliphatic carbocycles. The fourth-order valence-electron chi connectivity index (χ4n) is 0. The van der Waals surface area contributed by atoms with Crippen LogP contribution in [0.25, 0.3) is 0 Å². The van der Waals surface area contributed by atoms with Gasteiger partial charge in [0.25, 0.3) is 0 Å². The molecule has 0 aliphatic rings. The Kier molecular flexibility index (Phi) is 47.8. The third-order valence-electron chi connectivity index (χ3n) is 0. The zero-order chi connectivity index (χ0) is 17.1. The summed E-state index contributed by atoms with van der Waals surface area (Å²) in [5.74, 6) is 0. The smallest absolute Gasteiger partial charge is 0.133 e. The summed E-state index contributed by atoms with van der Waals surface area (Å²) < 4.78 is 68.2. The van der Waals surface area contributed by atoms with Gasteiger partial charge in [0.2, 0.25) is 0 Å². The molecule has 14 heteroatoms. The molecule has 0 amide bonds. The van der Waals surface area contributed by atoms with Gasteiger partial charge >= 0.3 is 0 Å². The van der Waals surface area contributed by atoms with Crippen molar-refractivity contribution in [1.82, 2.24) is 6.15 Å². The standard InChI is InChI=1S/3C2H5N.H3N.2H2O4S/c3*1-2-3;;2*1-5(2,3)4/h3*2-3H,1H3;1H3;2*(H2,1,2,3,4). The van der Waals surface area contributed by atoms with E-state index in [0.717, 1.165) is 0 Å². The fraction of sp³-hybridized carbons (Fsp3) is 0.500. The molecule has 0 fully saturated rings. The quantitative estimate of drug-likeness (QED) is 0.186. The Morgan fingerprint density at radius 3 is 0.650 bits per heavy atom. The molecule has 0 heterocycles. The van der Waals surface area contributed by atoms with E-state index >= 15 is 0 Å². The Labute approximate surface area is 118 Å². The second-order valence-corrected chi connectivity index (χ2v) is 3.45. The Bertz CT molecular complexity index is 331. The minimum Gasteiger partial charge on any atom is -0.759 e. The van der Waals surface area contributed by atoms with Crippen LogP contribution < -0.4 is 22.4 Å². The molecule has 10 N–H and O–H groups in total. The van der Waals surface area contributed by atoms with E-state index in [-0.39, 0.29) is 6.15 Å². The lowest BCUT2D eigenvalue weighted by Crippen LogP contribution is -2.27. The molecule has 20 heavy (non-hydrogen) atoms. The first-order valence-corrected chi connectivity index (χ1v) is 6.73. The molecule has 126 valence electrons. The molecule has 0 rings (SSSR count). The average Bonchev–Trinajstić information content (AvgIpc) is 1.99. The summed E-state index contributed by atoms with van der Waals surface area (Å²) in [4.78, 5) is 0. The van der Waals surface area contributed by atoms with Gasteiger partial charge in [-0.3, -0.25) is 33.1 Å². The maximum absolute atomic E-state index is 8.52. The van der Waals surface area contributed by atoms with Crippen molar-refractivity contribution in [2.75, 3.05) is 0 Å². The first kappa shape index (κ1) is 36.3. The van der Waals surface area contributed by atoms with Crippen LogP contribution >= 0.6 is 0 Å². The second kappa shape index (κ2) is 26.3. The zero-order valence-corrected chi connectivity index (χ0v) is 13.2. The van der Waals surface area contributed by atoms with Crippen LogP contribution in [0.1, 0.15) is 20.8 Å². The first-order chi connectivity index (χ1) is 8.24. The molecule has 0 spiro atoms. The van der Waals surface area contributed by atoms with Gasteiger partial charge in [0, 0.05) is 41.6 Å². The molecule has 0 saturated heterocycles. The summed E-state index contributed by atoms with van der Waals surface area (Å²) in [5.41, 5.74) is 0. The molecular weight excluding hydrogens is 320 g/mol. The summed E-state index contributed by atoms with van der Waals surface area (Å²) in [6.07, 6.45) is 4.50. The summed E-state index contributed by atoms with van der Waals surface area (Å²) in [7, 11) is -10.3. The van der Waals surface area contributed by atoms with Crippen molar-refractivity contribution in [2.24, 2.45) is 0 Å². The SMILES string of the molecule is CC=[NH2+].CC=[NH2+].CC=[NH2+].O=S(=O)([O-])[O-].O=S(=O)([O-])[O-].[NH4+]. The minimum atomic E-state index is -5.17. The topological polar surface area (TPSA) is 274 Å². The molecule has 0 bridgehead atoms. The highest BCUT2D eigenvalue weighted by Gasteiger charge is 1.50. The molecule has 0 aromatic heterocycles. The predicted octanol–water partition coefficient (Wildman–Crippen LogP) is -5.79. The van der Waals surface area contributed by atoms with Crippen LogP contribution in [0.15, 0.2) is 0 Å². The number of hydrogen-bond acceptors (Lipinski definition) is 8. The van der Waals surface area contributed by atoms with Gasteiger partial charge in [-0.15, -0.1) is 0 Å². The summed E-state index contributed by atoms with van der Waals surface area (Å²) in [6, 6.07) is 0. The summed E-state index contributed by atoms with van der Waals surface area (Å²) >= 11 is 0. The van der Waals surface area contributed by atoms with Gasteiger partial charge < -0.3 is 24.4 Å². The van der Waals surface area contributed by atoms with E-state index in [0.29, 0.717) is 0 Å². The van der Waals surface area contributed by atoms with Crippen molar-refractivity contribution in [3.63, 3.8) is 0 Å². The Hall–Kier alpha value is -1.29. The second-order valence-electron chi connectivity index (χ2n) is 1.82. The Balaban J connectivity index is -0.0000000310. The number of rotatable bonds is 0. The van der Waals surface area contributed by atoms with Crippen LogP contribution in [0.4, 0.5) is 0 Å². The highest BCUT2D eigenvalue weighted by molar-refractivity contribution is 7.79. The number of nitrogens with two attached hydrogens (primary N) is 3. The molecule has 0 atom stereocenters. The first-order valence-electron chi connectivity index (χ1n) is 4.07. The third-order valence-corrected chi connectivity index (χ3v) is 0. The molecule has 0 aromatic rings. The maximum Gasteiger partial charge on any atom is 0.133 e. The molecular formula is C6H22N4O8S2. The number of quaternary nitrogens is 1. The van der Waals surface area contributed by atoms with E-state index in [1.165, 1.54) is 18.6 Å². The van der Waals surface area contributed by atoms with Crippen molar-refractivity contribution in [1.29, 1.82) is 0 Å². The molecule has 0 unspecified atom stereocenters. The molecule has 0 radical (unpaired) electrons. The van der Waals surface area contributed by atoms with E-state index in [2.05, 4.69) is 0 Å². The van der Waals surface area contributed by atoms with E-state index < -0.39 is 20.8 Å². The molecule has 12 nitrogen and oxygen atoms in total. The average molecular weight is 342 g/mol. The monoisotopic (exact) mass is 342 g/mol. The van der Waals surface area contributed by atoms with E-state index in [1.54, 1.807) is 20.8 Å². The van der Waals surface area contributed by atoms with Gasteiger partial charge in [-0.2, -0.15) is 0 Å². The van der Waals surface area contributed by atoms with E-state index in [4.69, 9.17) is 51.3 Å². The molecule has 0 aromatic carbocycles. The van der Waals surface area contributed by atoms with Crippen molar-refractivity contribution >= 4 is 39.4 Å². The van der Waals surface area contributed by atoms with E-state index in [1.807, 2.05) is 0 Å². The van der Waals surface area contributed by atoms with Gasteiger partial charge in [0.05, 0.1) is 0 Å². The highest BCUT2D eigenvalue weighted by Crippen LogP contribution is 1.58. The van der Waals surface area contributed by atoms with E-state index in [9.17, 15) is 0 Å². The summed E-state index contributed by atoms with van der Waals surface area (Å²) in [5, 5.41) is 14.2. The largest absolute Gasteiger partial charge is 0.759 e. The lowest BCUT2D eigenvalue weighted by atomic mass is 10.9. The fourth-order valence-corrected chi connectivity index (χ4v) is 0. The van der Waals surface area contributed by atoms with Gasteiger partial charge in [-0.1, -0.05) is 0 Å². The third kappa shape index (κ3) is 2480. The molecule has 0 saturated carbocycles. The van der Waals surface area contributed by atoms with Gasteiger partial charge in [0.15, 0.2) is 0 Å². The normalized spacial score (nSPS) is 7.75. The van der Waals surface area contributed by atoms with Crippen LogP contribution in [0.3, 0.4) is 0 Å². The van der Waals surface area contributed by atoms with Crippen LogP contribution in [-0.4, -0.2) is 53.7 Å². The van der Waals surface area contributed by atoms with Gasteiger partial charge in [-0.05, 0) is 0 Å². The Morgan fingerprint density at radius 1 is 0.650 bits per heavy atom. The molecule has 0 aliphatic heterocycles. The van der Waals surface area contributed by atoms with Crippen LogP contribution in [-0.2, 0) is 20.8 Å².